The summed E-state index contributed by atoms with van der Waals surface area (Å²) in [5, 5.41) is 10.2. The first-order valence-corrected chi connectivity index (χ1v) is 9.81. The van der Waals surface area contributed by atoms with Crippen molar-refractivity contribution < 1.29 is 9.53 Å². The van der Waals surface area contributed by atoms with Gasteiger partial charge in [0.2, 0.25) is 5.88 Å². The zero-order valence-corrected chi connectivity index (χ0v) is 16.2. The minimum absolute atomic E-state index is 0.0161. The van der Waals surface area contributed by atoms with E-state index in [4.69, 9.17) is 4.74 Å². The molecule has 1 saturated heterocycles. The lowest BCUT2D eigenvalue weighted by Gasteiger charge is -2.32. The van der Waals surface area contributed by atoms with Gasteiger partial charge in [-0.2, -0.15) is 5.10 Å². The van der Waals surface area contributed by atoms with Crippen molar-refractivity contribution in [2.45, 2.75) is 25.9 Å². The Kier molecular flexibility index (Phi) is 4.35. The molecule has 1 fully saturated rings. The smallest absolute Gasteiger partial charge is 0.272 e. The number of hydrogen-bond acceptors (Lipinski definition) is 5. The number of piperidine rings is 1. The van der Waals surface area contributed by atoms with Crippen molar-refractivity contribution >= 4 is 22.3 Å². The van der Waals surface area contributed by atoms with E-state index >= 15 is 0 Å². The summed E-state index contributed by atoms with van der Waals surface area (Å²) in [6, 6.07) is 13.7. The summed E-state index contributed by atoms with van der Waals surface area (Å²) in [6.07, 6.45) is 5.15. The third-order valence-corrected chi connectivity index (χ3v) is 5.45. The molecule has 7 heteroatoms. The van der Waals surface area contributed by atoms with Crippen LogP contribution in [0, 0.1) is 6.92 Å². The highest BCUT2D eigenvalue weighted by molar-refractivity contribution is 5.94. The third-order valence-electron chi connectivity index (χ3n) is 5.45. The molecule has 0 aliphatic carbocycles. The van der Waals surface area contributed by atoms with Crippen molar-refractivity contribution in [2.75, 3.05) is 13.1 Å². The quantitative estimate of drug-likeness (QED) is 0.539. The van der Waals surface area contributed by atoms with E-state index < -0.39 is 0 Å². The second kappa shape index (κ2) is 7.16. The summed E-state index contributed by atoms with van der Waals surface area (Å²) in [5.74, 6) is 0.579. The average molecular weight is 387 g/mol. The summed E-state index contributed by atoms with van der Waals surface area (Å²) < 4.78 is 8.02. The molecule has 1 amide bonds. The molecule has 0 unspecified atom stereocenters. The topological polar surface area (TPSA) is 72.6 Å². The van der Waals surface area contributed by atoms with Gasteiger partial charge in [-0.1, -0.05) is 24.3 Å². The van der Waals surface area contributed by atoms with Crippen LogP contribution in [0.4, 0.5) is 0 Å². The van der Waals surface area contributed by atoms with Crippen molar-refractivity contribution in [1.82, 2.24) is 24.5 Å². The Labute approximate surface area is 167 Å². The number of aryl methyl sites for hydroxylation is 1. The third kappa shape index (κ3) is 3.18. The first kappa shape index (κ1) is 17.6. The number of imidazole rings is 1. The van der Waals surface area contributed by atoms with E-state index in [1.165, 1.54) is 0 Å². The van der Waals surface area contributed by atoms with E-state index in [0.29, 0.717) is 24.7 Å². The fourth-order valence-electron chi connectivity index (χ4n) is 3.94. The Hall–Kier alpha value is -3.48. The van der Waals surface area contributed by atoms with Crippen molar-refractivity contribution in [3.05, 3.63) is 66.2 Å². The van der Waals surface area contributed by atoms with Gasteiger partial charge in [-0.25, -0.2) is 4.98 Å². The number of likely N-dealkylation sites (tertiary alicyclic amines) is 1. The van der Waals surface area contributed by atoms with Crippen molar-refractivity contribution in [2.24, 2.45) is 0 Å². The van der Waals surface area contributed by atoms with E-state index in [1.54, 1.807) is 6.20 Å². The summed E-state index contributed by atoms with van der Waals surface area (Å²) in [6.45, 7) is 3.16. The summed E-state index contributed by atoms with van der Waals surface area (Å²) in [7, 11) is 0. The molecule has 0 spiro atoms. The van der Waals surface area contributed by atoms with Gasteiger partial charge >= 0.3 is 0 Å². The highest BCUT2D eigenvalue weighted by Gasteiger charge is 2.28. The normalized spacial score (nSPS) is 15.1. The molecule has 0 N–H and O–H groups in total. The van der Waals surface area contributed by atoms with E-state index in [1.807, 2.05) is 64.9 Å². The van der Waals surface area contributed by atoms with Crippen LogP contribution in [0.5, 0.6) is 5.88 Å². The molecule has 4 aromatic rings. The fourth-order valence-corrected chi connectivity index (χ4v) is 3.94. The Morgan fingerprint density at radius 2 is 1.90 bits per heavy atom. The molecule has 5 rings (SSSR count). The van der Waals surface area contributed by atoms with Crippen LogP contribution in [0.25, 0.3) is 16.4 Å². The summed E-state index contributed by atoms with van der Waals surface area (Å²) >= 11 is 0. The molecular formula is C22H21N5O2. The molecule has 0 saturated carbocycles. The molecule has 1 aromatic carbocycles. The largest absolute Gasteiger partial charge is 0.473 e. The zero-order valence-electron chi connectivity index (χ0n) is 16.2. The molecule has 3 aromatic heterocycles. The standard InChI is InChI=1S/C22H21N5O2/c1-15-20(27-11-5-4-8-19(27)24-15)22(28)26-12-9-17(10-13-26)29-21-18-7-3-2-6-16(18)14-23-25-21/h2-8,11,14,17H,9-10,12-13H2,1H3. The second-order valence-electron chi connectivity index (χ2n) is 7.32. The van der Waals surface area contributed by atoms with Crippen LogP contribution in [0.1, 0.15) is 29.0 Å². The Bertz CT molecular complexity index is 1190. The minimum atomic E-state index is 0.0161. The predicted molar refractivity (Wildman–Crippen MR) is 109 cm³/mol. The number of carbonyl (C=O) groups excluding carboxylic acids is 1. The van der Waals surface area contributed by atoms with Gasteiger partial charge in [-0.15, -0.1) is 5.10 Å². The van der Waals surface area contributed by atoms with Crippen LogP contribution in [-0.4, -0.2) is 49.6 Å². The number of carbonyl (C=O) groups is 1. The maximum absolute atomic E-state index is 13.1. The number of ether oxygens (including phenoxy) is 1. The molecule has 0 bridgehead atoms. The molecule has 1 aliphatic heterocycles. The van der Waals surface area contributed by atoms with Crippen molar-refractivity contribution in [3.8, 4) is 5.88 Å². The highest BCUT2D eigenvalue weighted by Crippen LogP contribution is 2.25. The van der Waals surface area contributed by atoms with Gasteiger partial charge in [0.15, 0.2) is 0 Å². The van der Waals surface area contributed by atoms with Crippen molar-refractivity contribution in [3.63, 3.8) is 0 Å². The first-order chi connectivity index (χ1) is 14.2. The molecule has 1 aliphatic rings. The Morgan fingerprint density at radius 1 is 1.10 bits per heavy atom. The highest BCUT2D eigenvalue weighted by atomic mass is 16.5. The number of amides is 1. The van der Waals surface area contributed by atoms with Gasteiger partial charge in [0.25, 0.3) is 5.91 Å². The monoisotopic (exact) mass is 387 g/mol. The lowest BCUT2D eigenvalue weighted by atomic mass is 10.1. The van der Waals surface area contributed by atoms with Crippen LogP contribution in [0.3, 0.4) is 0 Å². The Morgan fingerprint density at radius 3 is 2.76 bits per heavy atom. The van der Waals surface area contributed by atoms with E-state index in [-0.39, 0.29) is 12.0 Å². The van der Waals surface area contributed by atoms with Crippen LogP contribution >= 0.6 is 0 Å². The summed E-state index contributed by atoms with van der Waals surface area (Å²) in [4.78, 5) is 19.5. The van der Waals surface area contributed by atoms with Gasteiger partial charge in [-0.3, -0.25) is 9.20 Å². The molecule has 146 valence electrons. The number of nitrogens with zero attached hydrogens (tertiary/aromatic N) is 5. The number of pyridine rings is 1. The number of rotatable bonds is 3. The minimum Gasteiger partial charge on any atom is -0.473 e. The molecule has 4 heterocycles. The van der Waals surface area contributed by atoms with Crippen LogP contribution < -0.4 is 4.74 Å². The molecule has 7 nitrogen and oxygen atoms in total. The number of benzene rings is 1. The number of aromatic nitrogens is 4. The molecule has 0 radical (unpaired) electrons. The van der Waals surface area contributed by atoms with E-state index in [9.17, 15) is 4.79 Å². The van der Waals surface area contributed by atoms with Gasteiger partial charge in [0.05, 0.1) is 11.9 Å². The lowest BCUT2D eigenvalue weighted by Crippen LogP contribution is -2.42. The van der Waals surface area contributed by atoms with Crippen LogP contribution in [0.15, 0.2) is 54.9 Å². The van der Waals surface area contributed by atoms with Gasteiger partial charge in [0, 0.05) is 42.9 Å². The molecular weight excluding hydrogens is 366 g/mol. The molecule has 0 atom stereocenters. The molecule has 29 heavy (non-hydrogen) atoms. The summed E-state index contributed by atoms with van der Waals surface area (Å²) in [5.41, 5.74) is 2.19. The van der Waals surface area contributed by atoms with E-state index in [0.717, 1.165) is 35.0 Å². The second-order valence-corrected chi connectivity index (χ2v) is 7.32. The fraction of sp³-hybridized carbons (Fsp3) is 0.273. The van der Waals surface area contributed by atoms with Crippen LogP contribution in [-0.2, 0) is 0 Å². The number of fused-ring (bicyclic) bond motifs is 2. The lowest BCUT2D eigenvalue weighted by molar-refractivity contribution is 0.0582. The maximum atomic E-state index is 13.1. The van der Waals surface area contributed by atoms with Crippen LogP contribution in [0.2, 0.25) is 0 Å². The van der Waals surface area contributed by atoms with Gasteiger partial charge in [-0.05, 0) is 25.1 Å². The SMILES string of the molecule is Cc1nc2ccccn2c1C(=O)N1CCC(Oc2nncc3ccccc23)CC1. The first-order valence-electron chi connectivity index (χ1n) is 9.81. The van der Waals surface area contributed by atoms with Crippen molar-refractivity contribution in [1.29, 1.82) is 0 Å². The van der Waals surface area contributed by atoms with Gasteiger partial charge < -0.3 is 9.64 Å². The van der Waals surface area contributed by atoms with E-state index in [2.05, 4.69) is 15.2 Å². The maximum Gasteiger partial charge on any atom is 0.272 e. The number of hydrogen-bond donors (Lipinski definition) is 0. The van der Waals surface area contributed by atoms with Gasteiger partial charge in [0.1, 0.15) is 17.4 Å². The Balaban J connectivity index is 1.30. The average Bonchev–Trinajstić information content (AvgIpc) is 3.10. The zero-order chi connectivity index (χ0) is 19.8. The predicted octanol–water partition coefficient (Wildman–Crippen LogP) is 3.27.